The summed E-state index contributed by atoms with van der Waals surface area (Å²) < 4.78 is 0. The number of amides is 1. The maximum atomic E-state index is 12.4. The number of carbonyl (C=O) groups is 1. The van der Waals surface area contributed by atoms with Crippen molar-refractivity contribution >= 4 is 29.3 Å². The van der Waals surface area contributed by atoms with Gasteiger partial charge in [0, 0.05) is 18.0 Å². The zero-order valence-corrected chi connectivity index (χ0v) is 15.8. The molecule has 0 aliphatic heterocycles. The van der Waals surface area contributed by atoms with Crippen LogP contribution in [0.1, 0.15) is 18.1 Å². The maximum absolute atomic E-state index is 12.4. The van der Waals surface area contributed by atoms with Gasteiger partial charge in [-0.1, -0.05) is 48.0 Å². The predicted molar refractivity (Wildman–Crippen MR) is 102 cm³/mol. The van der Waals surface area contributed by atoms with Crippen LogP contribution in [0.2, 0.25) is 5.02 Å². The summed E-state index contributed by atoms with van der Waals surface area (Å²) in [5.41, 5.74) is 2.38. The summed E-state index contributed by atoms with van der Waals surface area (Å²) in [6.07, 6.45) is 0. The molecule has 0 fully saturated rings. The highest BCUT2D eigenvalue weighted by molar-refractivity contribution is 8.00. The quantitative estimate of drug-likeness (QED) is 0.749. The van der Waals surface area contributed by atoms with Crippen LogP contribution >= 0.6 is 23.4 Å². The Balaban J connectivity index is 1.94. The van der Waals surface area contributed by atoms with Crippen molar-refractivity contribution in [3.05, 3.63) is 64.7 Å². The molecule has 1 amide bonds. The molecule has 3 nitrogen and oxygen atoms in total. The Hall–Kier alpha value is -1.49. The second-order valence-corrected chi connectivity index (χ2v) is 7.70. The third-order valence-electron chi connectivity index (χ3n) is 3.57. The van der Waals surface area contributed by atoms with Gasteiger partial charge in [0.25, 0.3) is 0 Å². The van der Waals surface area contributed by atoms with Crippen molar-refractivity contribution in [2.45, 2.75) is 30.2 Å². The van der Waals surface area contributed by atoms with Crippen LogP contribution in [0.15, 0.2) is 53.4 Å². The largest absolute Gasteiger partial charge is 0.351 e. The molecule has 0 aliphatic rings. The van der Waals surface area contributed by atoms with Gasteiger partial charge in [-0.05, 0) is 44.3 Å². The lowest BCUT2D eigenvalue weighted by molar-refractivity contribution is -0.120. The summed E-state index contributed by atoms with van der Waals surface area (Å²) in [5.74, 6) is 0.0135. The van der Waals surface area contributed by atoms with E-state index in [0.29, 0.717) is 11.6 Å². The number of benzene rings is 2. The van der Waals surface area contributed by atoms with Crippen LogP contribution in [0.25, 0.3) is 0 Å². The summed E-state index contributed by atoms with van der Waals surface area (Å²) in [7, 11) is 4.08. The summed E-state index contributed by atoms with van der Waals surface area (Å²) >= 11 is 7.63. The fourth-order valence-corrected chi connectivity index (χ4v) is 3.51. The van der Waals surface area contributed by atoms with Crippen molar-refractivity contribution in [3.8, 4) is 0 Å². The summed E-state index contributed by atoms with van der Waals surface area (Å²) in [6.45, 7) is 3.29. The van der Waals surface area contributed by atoms with Crippen molar-refractivity contribution in [3.63, 3.8) is 0 Å². The van der Waals surface area contributed by atoms with Gasteiger partial charge in [0.05, 0.1) is 10.3 Å². The van der Waals surface area contributed by atoms with Gasteiger partial charge in [0.1, 0.15) is 0 Å². The molecule has 0 bridgehead atoms. The average molecular weight is 363 g/mol. The Labute approximate surface area is 153 Å². The normalized spacial score (nSPS) is 12.2. The first kappa shape index (κ1) is 18.8. The molecule has 2 rings (SSSR count). The SMILES string of the molecule is CC(Sc1ccccc1Cl)C(=O)NCc1ccccc1CN(C)C. The van der Waals surface area contributed by atoms with E-state index in [1.807, 2.05) is 57.4 Å². The highest BCUT2D eigenvalue weighted by Crippen LogP contribution is 2.30. The van der Waals surface area contributed by atoms with Crippen LogP contribution in [0.5, 0.6) is 0 Å². The van der Waals surface area contributed by atoms with Crippen LogP contribution in [0.4, 0.5) is 0 Å². The molecule has 0 saturated heterocycles. The number of nitrogens with zero attached hydrogens (tertiary/aromatic N) is 1. The van der Waals surface area contributed by atoms with E-state index < -0.39 is 0 Å². The van der Waals surface area contributed by atoms with Gasteiger partial charge in [-0.3, -0.25) is 4.79 Å². The monoisotopic (exact) mass is 362 g/mol. The van der Waals surface area contributed by atoms with E-state index in [1.54, 1.807) is 0 Å². The third-order valence-corrected chi connectivity index (χ3v) is 5.19. The van der Waals surface area contributed by atoms with Gasteiger partial charge in [0.2, 0.25) is 5.91 Å². The standard InChI is InChI=1S/C19H23ClN2OS/c1-14(24-18-11-7-6-10-17(18)20)19(23)21-12-15-8-4-5-9-16(15)13-22(2)3/h4-11,14H,12-13H2,1-3H3,(H,21,23). The first-order chi connectivity index (χ1) is 11.5. The molecule has 2 aromatic rings. The Morgan fingerprint density at radius 3 is 2.42 bits per heavy atom. The highest BCUT2D eigenvalue weighted by Gasteiger charge is 2.16. The molecular weight excluding hydrogens is 340 g/mol. The molecule has 128 valence electrons. The van der Waals surface area contributed by atoms with E-state index >= 15 is 0 Å². The lowest BCUT2D eigenvalue weighted by atomic mass is 10.1. The lowest BCUT2D eigenvalue weighted by Crippen LogP contribution is -2.31. The number of halogens is 1. The molecule has 1 N–H and O–H groups in total. The van der Waals surface area contributed by atoms with Crippen molar-refractivity contribution in [2.24, 2.45) is 0 Å². The zero-order chi connectivity index (χ0) is 17.5. The average Bonchev–Trinajstić information content (AvgIpc) is 2.55. The summed E-state index contributed by atoms with van der Waals surface area (Å²) in [5, 5.41) is 3.51. The van der Waals surface area contributed by atoms with Gasteiger partial charge in [0.15, 0.2) is 0 Å². The zero-order valence-electron chi connectivity index (χ0n) is 14.3. The first-order valence-corrected chi connectivity index (χ1v) is 9.13. The van der Waals surface area contributed by atoms with Gasteiger partial charge in [-0.25, -0.2) is 0 Å². The second-order valence-electron chi connectivity index (χ2n) is 5.91. The van der Waals surface area contributed by atoms with Crippen molar-refractivity contribution in [1.29, 1.82) is 0 Å². The molecule has 2 aromatic carbocycles. The number of hydrogen-bond acceptors (Lipinski definition) is 3. The molecule has 0 saturated carbocycles. The Kier molecular flexibility index (Phi) is 7.16. The minimum atomic E-state index is -0.203. The third kappa shape index (κ3) is 5.55. The Morgan fingerprint density at radius 1 is 1.12 bits per heavy atom. The second kappa shape index (κ2) is 9.11. The van der Waals surface area contributed by atoms with E-state index in [2.05, 4.69) is 22.3 Å². The van der Waals surface area contributed by atoms with Crippen LogP contribution in [-0.2, 0) is 17.9 Å². The van der Waals surface area contributed by atoms with Crippen LogP contribution in [0.3, 0.4) is 0 Å². The molecule has 0 aromatic heterocycles. The molecule has 1 atom stereocenters. The fourth-order valence-electron chi connectivity index (χ4n) is 2.34. The molecule has 0 aliphatic carbocycles. The molecule has 5 heteroatoms. The van der Waals surface area contributed by atoms with Crippen LogP contribution < -0.4 is 5.32 Å². The Bertz CT molecular complexity index is 691. The van der Waals surface area contributed by atoms with E-state index in [0.717, 1.165) is 17.0 Å². The van der Waals surface area contributed by atoms with Crippen molar-refractivity contribution < 1.29 is 4.79 Å². The van der Waals surface area contributed by atoms with E-state index in [9.17, 15) is 4.79 Å². The van der Waals surface area contributed by atoms with Gasteiger partial charge >= 0.3 is 0 Å². The van der Waals surface area contributed by atoms with Gasteiger partial charge in [-0.15, -0.1) is 11.8 Å². The van der Waals surface area contributed by atoms with Crippen LogP contribution in [0, 0.1) is 0 Å². The van der Waals surface area contributed by atoms with Crippen molar-refractivity contribution in [2.75, 3.05) is 14.1 Å². The number of nitrogens with one attached hydrogen (secondary N) is 1. The fraction of sp³-hybridized carbons (Fsp3) is 0.316. The Morgan fingerprint density at radius 2 is 1.75 bits per heavy atom. The summed E-state index contributed by atoms with van der Waals surface area (Å²) in [4.78, 5) is 15.4. The number of carbonyl (C=O) groups excluding carboxylic acids is 1. The van der Waals surface area contributed by atoms with E-state index in [4.69, 9.17) is 11.6 Å². The molecule has 0 radical (unpaired) electrons. The topological polar surface area (TPSA) is 32.3 Å². The molecule has 1 unspecified atom stereocenters. The molecule has 0 spiro atoms. The predicted octanol–water partition coefficient (Wildman–Crippen LogP) is 4.20. The van der Waals surface area contributed by atoms with E-state index in [1.165, 1.54) is 17.3 Å². The number of hydrogen-bond donors (Lipinski definition) is 1. The van der Waals surface area contributed by atoms with Crippen molar-refractivity contribution in [1.82, 2.24) is 10.2 Å². The number of thioether (sulfide) groups is 1. The van der Waals surface area contributed by atoms with Crippen LogP contribution in [-0.4, -0.2) is 30.2 Å². The smallest absolute Gasteiger partial charge is 0.233 e. The van der Waals surface area contributed by atoms with Gasteiger partial charge < -0.3 is 10.2 Å². The highest BCUT2D eigenvalue weighted by atomic mass is 35.5. The first-order valence-electron chi connectivity index (χ1n) is 7.87. The summed E-state index contributed by atoms with van der Waals surface area (Å²) in [6, 6.07) is 15.8. The maximum Gasteiger partial charge on any atom is 0.233 e. The minimum absolute atomic E-state index is 0.0135. The lowest BCUT2D eigenvalue weighted by Gasteiger charge is -2.16. The van der Waals surface area contributed by atoms with E-state index in [-0.39, 0.29) is 11.2 Å². The van der Waals surface area contributed by atoms with Gasteiger partial charge in [-0.2, -0.15) is 0 Å². The molecule has 0 heterocycles. The minimum Gasteiger partial charge on any atom is -0.351 e. The molecule has 24 heavy (non-hydrogen) atoms. The number of rotatable bonds is 7. The molecular formula is C19H23ClN2OS.